The number of carbonyl (C=O) groups excluding carboxylic acids is 2. The minimum Gasteiger partial charge on any atom is -0.465 e. The molecule has 0 aliphatic carbocycles. The zero-order valence-electron chi connectivity index (χ0n) is 12.3. The van der Waals surface area contributed by atoms with Gasteiger partial charge in [0.05, 0.1) is 19.3 Å². The molecule has 0 aromatic rings. The fourth-order valence-electron chi connectivity index (χ4n) is 2.22. The molecule has 1 aliphatic heterocycles. The first-order valence-electron chi connectivity index (χ1n) is 6.91. The monoisotopic (exact) mass is 271 g/mol. The average molecular weight is 271 g/mol. The smallest absolute Gasteiger partial charge is 0.319 e. The average Bonchev–Trinajstić information content (AvgIpc) is 2.28. The highest BCUT2D eigenvalue weighted by Crippen LogP contribution is 2.27. The maximum absolute atomic E-state index is 12.3. The minimum atomic E-state index is -0.783. The lowest BCUT2D eigenvalue weighted by atomic mass is 9.80. The van der Waals surface area contributed by atoms with Gasteiger partial charge < -0.3 is 14.8 Å². The molecule has 0 spiro atoms. The Morgan fingerprint density at radius 1 is 1.42 bits per heavy atom. The largest absolute Gasteiger partial charge is 0.465 e. The van der Waals surface area contributed by atoms with Crippen molar-refractivity contribution < 1.29 is 19.1 Å². The van der Waals surface area contributed by atoms with Crippen LogP contribution in [0.1, 0.15) is 40.5 Å². The summed E-state index contributed by atoms with van der Waals surface area (Å²) >= 11 is 0. The summed E-state index contributed by atoms with van der Waals surface area (Å²) in [4.78, 5) is 24.3. The quantitative estimate of drug-likeness (QED) is 0.622. The molecule has 1 fully saturated rings. The van der Waals surface area contributed by atoms with E-state index in [4.69, 9.17) is 9.47 Å². The van der Waals surface area contributed by atoms with Crippen LogP contribution < -0.4 is 5.32 Å². The molecular formula is C14H25NO4. The lowest BCUT2D eigenvalue weighted by Crippen LogP contribution is -2.49. The first-order chi connectivity index (χ1) is 8.86. The third-order valence-electron chi connectivity index (χ3n) is 3.16. The van der Waals surface area contributed by atoms with Gasteiger partial charge in [-0.2, -0.15) is 0 Å². The molecule has 1 saturated heterocycles. The molecule has 5 nitrogen and oxygen atoms in total. The van der Waals surface area contributed by atoms with Crippen LogP contribution in [0.3, 0.4) is 0 Å². The standard InChI is InChI=1S/C14H25NO4/c1-5-19-13(17)11(14(2,3)4)12(16)15-10-7-6-8-18-9-10/h10-11H,5-9H2,1-4H3,(H,15,16). The van der Waals surface area contributed by atoms with E-state index < -0.39 is 17.3 Å². The van der Waals surface area contributed by atoms with Crippen LogP contribution in [0, 0.1) is 11.3 Å². The van der Waals surface area contributed by atoms with Gasteiger partial charge in [-0.25, -0.2) is 0 Å². The normalized spacial score (nSPS) is 21.6. The number of rotatable bonds is 4. The van der Waals surface area contributed by atoms with Gasteiger partial charge in [0.15, 0.2) is 0 Å². The third-order valence-corrected chi connectivity index (χ3v) is 3.16. The molecule has 1 rings (SSSR count). The Hall–Kier alpha value is -1.10. The SMILES string of the molecule is CCOC(=O)C(C(=O)NC1CCCOC1)C(C)(C)C. The molecule has 2 unspecified atom stereocenters. The van der Waals surface area contributed by atoms with Crippen LogP contribution in [0.2, 0.25) is 0 Å². The summed E-state index contributed by atoms with van der Waals surface area (Å²) in [5, 5.41) is 2.90. The summed E-state index contributed by atoms with van der Waals surface area (Å²) in [6, 6.07) is 0.000488. The molecule has 1 amide bonds. The van der Waals surface area contributed by atoms with Gasteiger partial charge in [-0.05, 0) is 25.2 Å². The Kier molecular flexibility index (Phi) is 5.79. The molecule has 0 bridgehead atoms. The number of nitrogens with one attached hydrogen (secondary N) is 1. The van der Waals surface area contributed by atoms with Crippen LogP contribution >= 0.6 is 0 Å². The number of carbonyl (C=O) groups is 2. The van der Waals surface area contributed by atoms with E-state index in [1.54, 1.807) is 6.92 Å². The summed E-state index contributed by atoms with van der Waals surface area (Å²) in [6.07, 6.45) is 1.83. The molecule has 19 heavy (non-hydrogen) atoms. The number of esters is 1. The van der Waals surface area contributed by atoms with Crippen molar-refractivity contribution in [1.82, 2.24) is 5.32 Å². The van der Waals surface area contributed by atoms with E-state index in [0.29, 0.717) is 6.61 Å². The second-order valence-corrected chi connectivity index (χ2v) is 5.97. The minimum absolute atomic E-state index is 0.000488. The zero-order chi connectivity index (χ0) is 14.5. The second-order valence-electron chi connectivity index (χ2n) is 5.97. The van der Waals surface area contributed by atoms with Crippen molar-refractivity contribution in [1.29, 1.82) is 0 Å². The van der Waals surface area contributed by atoms with Gasteiger partial charge in [0.2, 0.25) is 5.91 Å². The van der Waals surface area contributed by atoms with Crippen molar-refractivity contribution in [3.63, 3.8) is 0 Å². The maximum atomic E-state index is 12.3. The lowest BCUT2D eigenvalue weighted by molar-refractivity contribution is -0.157. The number of amides is 1. The number of ether oxygens (including phenoxy) is 2. The van der Waals surface area contributed by atoms with Crippen molar-refractivity contribution in [3.8, 4) is 0 Å². The van der Waals surface area contributed by atoms with E-state index in [2.05, 4.69) is 5.32 Å². The van der Waals surface area contributed by atoms with Crippen LogP contribution in [-0.2, 0) is 19.1 Å². The summed E-state index contributed by atoms with van der Waals surface area (Å²) in [5.74, 6) is -1.50. The fraction of sp³-hybridized carbons (Fsp3) is 0.857. The van der Waals surface area contributed by atoms with Crippen molar-refractivity contribution >= 4 is 11.9 Å². The third kappa shape index (κ3) is 4.82. The Labute approximate surface area is 115 Å². The predicted octanol–water partition coefficient (Wildman–Crippen LogP) is 1.51. The van der Waals surface area contributed by atoms with Gasteiger partial charge >= 0.3 is 5.97 Å². The molecule has 1 heterocycles. The van der Waals surface area contributed by atoms with E-state index in [-0.39, 0.29) is 18.6 Å². The van der Waals surface area contributed by atoms with Gasteiger partial charge in [0, 0.05) is 6.61 Å². The first kappa shape index (κ1) is 16.0. The Bertz CT molecular complexity index is 316. The van der Waals surface area contributed by atoms with Crippen LogP contribution in [-0.4, -0.2) is 37.7 Å². The predicted molar refractivity (Wildman–Crippen MR) is 71.6 cm³/mol. The Morgan fingerprint density at radius 2 is 2.11 bits per heavy atom. The van der Waals surface area contributed by atoms with Crippen LogP contribution in [0.25, 0.3) is 0 Å². The van der Waals surface area contributed by atoms with E-state index in [9.17, 15) is 9.59 Å². The molecule has 0 aromatic carbocycles. The second kappa shape index (κ2) is 6.89. The Morgan fingerprint density at radius 3 is 2.58 bits per heavy atom. The zero-order valence-corrected chi connectivity index (χ0v) is 12.3. The van der Waals surface area contributed by atoms with E-state index in [0.717, 1.165) is 19.4 Å². The summed E-state index contributed by atoms with van der Waals surface area (Å²) in [5.41, 5.74) is -0.466. The summed E-state index contributed by atoms with van der Waals surface area (Å²) in [6.45, 7) is 8.89. The van der Waals surface area contributed by atoms with Crippen molar-refractivity contribution in [2.75, 3.05) is 19.8 Å². The summed E-state index contributed by atoms with van der Waals surface area (Å²) < 4.78 is 10.3. The number of hydrogen-bond donors (Lipinski definition) is 1. The first-order valence-corrected chi connectivity index (χ1v) is 6.91. The van der Waals surface area contributed by atoms with E-state index >= 15 is 0 Å². The Balaban J connectivity index is 2.68. The lowest BCUT2D eigenvalue weighted by Gasteiger charge is -2.30. The van der Waals surface area contributed by atoms with Gasteiger partial charge in [0.25, 0.3) is 0 Å². The maximum Gasteiger partial charge on any atom is 0.319 e. The fourth-order valence-corrected chi connectivity index (χ4v) is 2.22. The molecule has 0 radical (unpaired) electrons. The van der Waals surface area contributed by atoms with Crippen molar-refractivity contribution in [2.45, 2.75) is 46.6 Å². The molecule has 1 aliphatic rings. The topological polar surface area (TPSA) is 64.6 Å². The molecular weight excluding hydrogens is 246 g/mol. The molecule has 0 aromatic heterocycles. The highest BCUT2D eigenvalue weighted by molar-refractivity contribution is 5.98. The molecule has 5 heteroatoms. The molecule has 2 atom stereocenters. The highest BCUT2D eigenvalue weighted by Gasteiger charge is 2.39. The van der Waals surface area contributed by atoms with Crippen LogP contribution in [0.15, 0.2) is 0 Å². The van der Waals surface area contributed by atoms with E-state index in [1.165, 1.54) is 0 Å². The van der Waals surface area contributed by atoms with Crippen LogP contribution in [0.5, 0.6) is 0 Å². The van der Waals surface area contributed by atoms with E-state index in [1.807, 2.05) is 20.8 Å². The van der Waals surface area contributed by atoms with Crippen LogP contribution in [0.4, 0.5) is 0 Å². The van der Waals surface area contributed by atoms with Gasteiger partial charge in [-0.3, -0.25) is 9.59 Å². The van der Waals surface area contributed by atoms with Crippen molar-refractivity contribution in [2.24, 2.45) is 11.3 Å². The summed E-state index contributed by atoms with van der Waals surface area (Å²) in [7, 11) is 0. The number of hydrogen-bond acceptors (Lipinski definition) is 4. The molecule has 110 valence electrons. The molecule has 1 N–H and O–H groups in total. The van der Waals surface area contributed by atoms with Gasteiger partial charge in [0.1, 0.15) is 5.92 Å². The van der Waals surface area contributed by atoms with Gasteiger partial charge in [-0.1, -0.05) is 20.8 Å². The molecule has 0 saturated carbocycles. The van der Waals surface area contributed by atoms with Crippen molar-refractivity contribution in [3.05, 3.63) is 0 Å². The highest BCUT2D eigenvalue weighted by atomic mass is 16.5. The van der Waals surface area contributed by atoms with Gasteiger partial charge in [-0.15, -0.1) is 0 Å².